The summed E-state index contributed by atoms with van der Waals surface area (Å²) in [4.78, 5) is 2.09. The molecule has 0 bridgehead atoms. The van der Waals surface area contributed by atoms with Crippen molar-refractivity contribution < 1.29 is 5.11 Å². The number of hydrogen-bond donors (Lipinski definition) is 3. The Balaban J connectivity index is 2.37. The number of nitrogen functional groups attached to an aromatic ring is 1. The fraction of sp³-hybridized carbons (Fsp3) is 0.417. The number of aliphatic hydroxyl groups is 1. The standard InChI is InChI=1S/C12H16BrN3O/c13-9-4-1-5-10(11(9)12(14)15)16-6-2-3-8(17)7-16/h1,4-5,8,17H,2-3,6-7H2,(H3,14,15). The molecule has 0 spiro atoms. The van der Waals surface area contributed by atoms with Gasteiger partial charge in [0.1, 0.15) is 5.84 Å². The molecule has 0 aromatic heterocycles. The summed E-state index contributed by atoms with van der Waals surface area (Å²) in [6, 6.07) is 5.74. The Bertz CT molecular complexity index is 436. The summed E-state index contributed by atoms with van der Waals surface area (Å²) in [6.07, 6.45) is 1.52. The predicted octanol–water partition coefficient (Wildman–Crippen LogP) is 1.69. The van der Waals surface area contributed by atoms with Crippen LogP contribution in [0, 0.1) is 5.41 Å². The first kappa shape index (κ1) is 12.4. The number of benzene rings is 1. The van der Waals surface area contributed by atoms with E-state index in [1.165, 1.54) is 0 Å². The van der Waals surface area contributed by atoms with Crippen molar-refractivity contribution in [1.82, 2.24) is 0 Å². The predicted molar refractivity (Wildman–Crippen MR) is 72.6 cm³/mol. The summed E-state index contributed by atoms with van der Waals surface area (Å²) in [6.45, 7) is 1.50. The molecule has 1 aromatic rings. The lowest BCUT2D eigenvalue weighted by molar-refractivity contribution is 0.154. The topological polar surface area (TPSA) is 73.3 Å². The molecule has 1 heterocycles. The van der Waals surface area contributed by atoms with E-state index in [1.807, 2.05) is 18.2 Å². The van der Waals surface area contributed by atoms with Crippen LogP contribution < -0.4 is 10.6 Å². The van der Waals surface area contributed by atoms with E-state index >= 15 is 0 Å². The summed E-state index contributed by atoms with van der Waals surface area (Å²) in [5.74, 6) is 0.0486. The van der Waals surface area contributed by atoms with Crippen molar-refractivity contribution in [2.75, 3.05) is 18.0 Å². The number of aliphatic hydroxyl groups excluding tert-OH is 1. The number of piperidine rings is 1. The van der Waals surface area contributed by atoms with Gasteiger partial charge in [0.25, 0.3) is 0 Å². The molecule has 5 heteroatoms. The number of nitrogens with two attached hydrogens (primary N) is 1. The van der Waals surface area contributed by atoms with Gasteiger partial charge in [-0.25, -0.2) is 0 Å². The highest BCUT2D eigenvalue weighted by atomic mass is 79.9. The monoisotopic (exact) mass is 297 g/mol. The highest BCUT2D eigenvalue weighted by Gasteiger charge is 2.21. The van der Waals surface area contributed by atoms with Crippen molar-refractivity contribution in [3.63, 3.8) is 0 Å². The van der Waals surface area contributed by atoms with Crippen LogP contribution in [0.25, 0.3) is 0 Å². The van der Waals surface area contributed by atoms with Gasteiger partial charge in [0.15, 0.2) is 0 Å². The molecule has 1 aliphatic heterocycles. The van der Waals surface area contributed by atoms with Crippen molar-refractivity contribution in [2.45, 2.75) is 18.9 Å². The Morgan fingerprint density at radius 1 is 1.53 bits per heavy atom. The van der Waals surface area contributed by atoms with Gasteiger partial charge in [-0.2, -0.15) is 0 Å². The SMILES string of the molecule is N=C(N)c1c(Br)cccc1N1CCCC(O)C1. The first-order chi connectivity index (χ1) is 8.09. The number of halogens is 1. The number of hydrogen-bond acceptors (Lipinski definition) is 3. The van der Waals surface area contributed by atoms with Crippen LogP contribution in [-0.2, 0) is 0 Å². The first-order valence-corrected chi connectivity index (χ1v) is 6.45. The van der Waals surface area contributed by atoms with Crippen LogP contribution in [0.15, 0.2) is 22.7 Å². The summed E-state index contributed by atoms with van der Waals surface area (Å²) in [5.41, 5.74) is 7.25. The summed E-state index contributed by atoms with van der Waals surface area (Å²) >= 11 is 3.42. The second kappa shape index (κ2) is 5.06. The zero-order valence-corrected chi connectivity index (χ0v) is 11.1. The number of amidine groups is 1. The number of β-amino-alcohol motifs (C(OH)–C–C–N with tert-alkyl or cyclic N) is 1. The van der Waals surface area contributed by atoms with Crippen LogP contribution in [0.3, 0.4) is 0 Å². The maximum atomic E-state index is 9.70. The van der Waals surface area contributed by atoms with E-state index in [0.29, 0.717) is 12.1 Å². The molecule has 0 aliphatic carbocycles. The largest absolute Gasteiger partial charge is 0.391 e. The molecule has 0 radical (unpaired) electrons. The van der Waals surface area contributed by atoms with E-state index in [-0.39, 0.29) is 11.9 Å². The van der Waals surface area contributed by atoms with Crippen molar-refractivity contribution in [2.24, 2.45) is 5.73 Å². The molecular formula is C12H16BrN3O. The Kier molecular flexibility index (Phi) is 3.69. The highest BCUT2D eigenvalue weighted by Crippen LogP contribution is 2.29. The van der Waals surface area contributed by atoms with Crippen LogP contribution in [0.4, 0.5) is 5.69 Å². The number of nitrogens with zero attached hydrogens (tertiary/aromatic N) is 1. The Morgan fingerprint density at radius 2 is 2.29 bits per heavy atom. The average molecular weight is 298 g/mol. The molecular weight excluding hydrogens is 282 g/mol. The lowest BCUT2D eigenvalue weighted by atomic mass is 10.0. The number of rotatable bonds is 2. The van der Waals surface area contributed by atoms with Gasteiger partial charge in [-0.3, -0.25) is 5.41 Å². The second-order valence-electron chi connectivity index (χ2n) is 4.29. The second-order valence-corrected chi connectivity index (χ2v) is 5.14. The van der Waals surface area contributed by atoms with Gasteiger partial charge in [-0.05, 0) is 40.9 Å². The van der Waals surface area contributed by atoms with E-state index in [2.05, 4.69) is 20.8 Å². The molecule has 1 aromatic carbocycles. The Hall–Kier alpha value is -1.07. The highest BCUT2D eigenvalue weighted by molar-refractivity contribution is 9.10. The molecule has 1 unspecified atom stereocenters. The summed E-state index contributed by atoms with van der Waals surface area (Å²) in [7, 11) is 0. The Labute approximate surface area is 109 Å². The molecule has 0 amide bonds. The van der Waals surface area contributed by atoms with Gasteiger partial charge in [-0.1, -0.05) is 6.07 Å². The summed E-state index contributed by atoms with van der Waals surface area (Å²) in [5, 5.41) is 17.3. The molecule has 1 atom stereocenters. The van der Waals surface area contributed by atoms with Crippen molar-refractivity contribution >= 4 is 27.5 Å². The number of anilines is 1. The van der Waals surface area contributed by atoms with Crippen LogP contribution in [0.2, 0.25) is 0 Å². The van der Waals surface area contributed by atoms with Gasteiger partial charge in [0.05, 0.1) is 11.7 Å². The van der Waals surface area contributed by atoms with Crippen LogP contribution in [0.5, 0.6) is 0 Å². The molecule has 1 aliphatic rings. The van der Waals surface area contributed by atoms with Gasteiger partial charge >= 0.3 is 0 Å². The first-order valence-electron chi connectivity index (χ1n) is 5.65. The van der Waals surface area contributed by atoms with E-state index in [0.717, 1.165) is 29.5 Å². The normalized spacial score (nSPS) is 20.4. The van der Waals surface area contributed by atoms with E-state index in [9.17, 15) is 5.11 Å². The van der Waals surface area contributed by atoms with Gasteiger partial charge in [-0.15, -0.1) is 0 Å². The molecule has 4 N–H and O–H groups in total. The fourth-order valence-corrected chi connectivity index (χ4v) is 2.79. The fourth-order valence-electron chi connectivity index (χ4n) is 2.22. The molecule has 92 valence electrons. The average Bonchev–Trinajstić information content (AvgIpc) is 2.28. The maximum Gasteiger partial charge on any atom is 0.126 e. The van der Waals surface area contributed by atoms with Crippen molar-refractivity contribution in [1.29, 1.82) is 5.41 Å². The molecule has 1 saturated heterocycles. The van der Waals surface area contributed by atoms with Crippen LogP contribution in [-0.4, -0.2) is 30.1 Å². The van der Waals surface area contributed by atoms with Gasteiger partial charge in [0.2, 0.25) is 0 Å². The maximum absolute atomic E-state index is 9.70. The molecule has 4 nitrogen and oxygen atoms in total. The minimum atomic E-state index is -0.289. The molecule has 17 heavy (non-hydrogen) atoms. The number of nitrogens with one attached hydrogen (secondary N) is 1. The van der Waals surface area contributed by atoms with Crippen LogP contribution in [0.1, 0.15) is 18.4 Å². The lowest BCUT2D eigenvalue weighted by Crippen LogP contribution is -2.39. The zero-order valence-electron chi connectivity index (χ0n) is 9.49. The molecule has 0 saturated carbocycles. The molecule has 1 fully saturated rings. The smallest absolute Gasteiger partial charge is 0.126 e. The third-order valence-electron chi connectivity index (χ3n) is 3.00. The van der Waals surface area contributed by atoms with Gasteiger partial charge < -0.3 is 15.7 Å². The summed E-state index contributed by atoms with van der Waals surface area (Å²) < 4.78 is 0.822. The molecule has 2 rings (SSSR count). The van der Waals surface area contributed by atoms with E-state index in [1.54, 1.807) is 0 Å². The van der Waals surface area contributed by atoms with E-state index < -0.39 is 0 Å². The third-order valence-corrected chi connectivity index (χ3v) is 3.66. The Morgan fingerprint density at radius 3 is 2.94 bits per heavy atom. The van der Waals surface area contributed by atoms with Crippen molar-refractivity contribution in [3.8, 4) is 0 Å². The quantitative estimate of drug-likeness (QED) is 0.574. The van der Waals surface area contributed by atoms with Gasteiger partial charge in [0, 0.05) is 23.2 Å². The third kappa shape index (κ3) is 2.61. The lowest BCUT2D eigenvalue weighted by Gasteiger charge is -2.33. The zero-order chi connectivity index (χ0) is 12.4. The minimum absolute atomic E-state index is 0.0486. The minimum Gasteiger partial charge on any atom is -0.391 e. The van der Waals surface area contributed by atoms with E-state index in [4.69, 9.17) is 11.1 Å². The van der Waals surface area contributed by atoms with Crippen LogP contribution >= 0.6 is 15.9 Å². The van der Waals surface area contributed by atoms with Crippen molar-refractivity contribution in [3.05, 3.63) is 28.2 Å².